The van der Waals surface area contributed by atoms with Crippen LogP contribution in [0.25, 0.3) is 0 Å². The highest BCUT2D eigenvalue weighted by molar-refractivity contribution is 5.88. The summed E-state index contributed by atoms with van der Waals surface area (Å²) in [7, 11) is 0. The maximum absolute atomic E-state index is 13.3. The molecule has 1 aromatic carbocycles. The second-order valence-electron chi connectivity index (χ2n) is 8.42. The molecule has 2 amide bonds. The number of likely N-dealkylation sites (tertiary alicyclic amines) is 1. The van der Waals surface area contributed by atoms with Crippen LogP contribution in [0.3, 0.4) is 0 Å². The van der Waals surface area contributed by atoms with E-state index >= 15 is 0 Å². The minimum Gasteiger partial charge on any atom is -0.508 e. The molecule has 182 valence electrons. The number of rotatable bonds is 11. The van der Waals surface area contributed by atoms with Gasteiger partial charge in [-0.05, 0) is 49.6 Å². The van der Waals surface area contributed by atoms with E-state index in [1.54, 1.807) is 35.4 Å². The monoisotopic (exact) mass is 468 g/mol. The molecule has 1 atom stereocenters. The van der Waals surface area contributed by atoms with Gasteiger partial charge in [-0.1, -0.05) is 18.2 Å². The van der Waals surface area contributed by atoms with E-state index in [-0.39, 0.29) is 42.5 Å². The molecule has 2 heterocycles. The molecular weight excluding hydrogens is 436 g/mol. The maximum Gasteiger partial charge on any atom is 0.245 e. The quantitative estimate of drug-likeness (QED) is 0.461. The molecule has 1 aliphatic rings. The van der Waals surface area contributed by atoms with Gasteiger partial charge in [0.15, 0.2) is 5.78 Å². The number of nitrogens with zero attached hydrogens (tertiary/aromatic N) is 2. The van der Waals surface area contributed by atoms with Crippen LogP contribution < -0.4 is 10.6 Å². The molecule has 1 fully saturated rings. The molecule has 9 nitrogen and oxygen atoms in total. The van der Waals surface area contributed by atoms with E-state index in [9.17, 15) is 19.5 Å². The molecule has 1 saturated heterocycles. The van der Waals surface area contributed by atoms with E-state index < -0.39 is 6.04 Å². The highest BCUT2D eigenvalue weighted by atomic mass is 16.5. The first-order valence-corrected chi connectivity index (χ1v) is 11.5. The molecule has 2 aromatic rings. The molecule has 0 radical (unpaired) electrons. The van der Waals surface area contributed by atoms with Crippen molar-refractivity contribution in [1.82, 2.24) is 15.2 Å². The second-order valence-corrected chi connectivity index (χ2v) is 8.42. The van der Waals surface area contributed by atoms with Gasteiger partial charge in [0.05, 0.1) is 6.10 Å². The van der Waals surface area contributed by atoms with Gasteiger partial charge in [0, 0.05) is 38.7 Å². The van der Waals surface area contributed by atoms with Gasteiger partial charge in [-0.2, -0.15) is 0 Å². The van der Waals surface area contributed by atoms with Gasteiger partial charge in [0.25, 0.3) is 0 Å². The molecule has 0 saturated carbocycles. The molecule has 9 heteroatoms. The molecule has 1 aromatic heterocycles. The molecule has 1 unspecified atom stereocenters. The van der Waals surface area contributed by atoms with Crippen LogP contribution in [-0.4, -0.2) is 71.0 Å². The summed E-state index contributed by atoms with van der Waals surface area (Å²) < 4.78 is 5.59. The largest absolute Gasteiger partial charge is 0.508 e. The number of hydrogen-bond donors (Lipinski definition) is 3. The smallest absolute Gasteiger partial charge is 0.245 e. The summed E-state index contributed by atoms with van der Waals surface area (Å²) in [5.41, 5.74) is 0.836. The number of piperidine rings is 1. The van der Waals surface area contributed by atoms with Crippen molar-refractivity contribution in [3.05, 3.63) is 54.2 Å². The molecule has 0 bridgehead atoms. The summed E-state index contributed by atoms with van der Waals surface area (Å²) in [6.45, 7) is 2.98. The first-order chi connectivity index (χ1) is 16.4. The lowest BCUT2D eigenvalue weighted by Gasteiger charge is -2.34. The van der Waals surface area contributed by atoms with Crippen molar-refractivity contribution in [2.24, 2.45) is 0 Å². The fourth-order valence-corrected chi connectivity index (χ4v) is 3.80. The first kappa shape index (κ1) is 25.2. The van der Waals surface area contributed by atoms with Gasteiger partial charge in [-0.15, -0.1) is 0 Å². The number of nitrogens with one attached hydrogen (secondary N) is 2. The number of benzene rings is 1. The van der Waals surface area contributed by atoms with Crippen LogP contribution in [0.4, 0.5) is 5.82 Å². The number of anilines is 1. The summed E-state index contributed by atoms with van der Waals surface area (Å²) in [6.07, 6.45) is 3.43. The Balaban J connectivity index is 1.57. The molecule has 0 spiro atoms. The number of phenols is 1. The Hall–Kier alpha value is -3.46. The third-order valence-corrected chi connectivity index (χ3v) is 5.61. The van der Waals surface area contributed by atoms with E-state index in [0.717, 1.165) is 5.56 Å². The van der Waals surface area contributed by atoms with Gasteiger partial charge in [0.1, 0.15) is 24.2 Å². The van der Waals surface area contributed by atoms with Gasteiger partial charge < -0.3 is 25.4 Å². The van der Waals surface area contributed by atoms with Crippen LogP contribution >= 0.6 is 0 Å². The van der Waals surface area contributed by atoms with Crippen LogP contribution in [0, 0.1) is 0 Å². The zero-order valence-electron chi connectivity index (χ0n) is 19.4. The van der Waals surface area contributed by atoms with Crippen LogP contribution in [0.2, 0.25) is 0 Å². The van der Waals surface area contributed by atoms with Gasteiger partial charge in [-0.25, -0.2) is 4.98 Å². The van der Waals surface area contributed by atoms with E-state index in [4.69, 9.17) is 4.74 Å². The first-order valence-electron chi connectivity index (χ1n) is 11.5. The second kappa shape index (κ2) is 12.7. The van der Waals surface area contributed by atoms with Crippen molar-refractivity contribution in [1.29, 1.82) is 0 Å². The standard InChI is InChI=1S/C25H32N4O5/c1-18(30)17-34-21-10-14-29(15-11-21)25(33)22(16-19-5-7-20(31)8-6-19)28-24(32)9-13-27-23-4-2-3-12-26-23/h2-8,12,21-22,31H,9-11,13-17H2,1H3,(H,26,27)(H,28,32). The predicted molar refractivity (Wildman–Crippen MR) is 127 cm³/mol. The van der Waals surface area contributed by atoms with Crippen LogP contribution in [0.1, 0.15) is 31.7 Å². The Morgan fingerprint density at radius 2 is 1.88 bits per heavy atom. The van der Waals surface area contributed by atoms with Crippen LogP contribution in [-0.2, 0) is 25.5 Å². The summed E-state index contributed by atoms with van der Waals surface area (Å²) >= 11 is 0. The van der Waals surface area contributed by atoms with E-state index in [1.807, 2.05) is 18.2 Å². The Labute approximate surface area is 199 Å². The average molecular weight is 469 g/mol. The van der Waals surface area contributed by atoms with Gasteiger partial charge >= 0.3 is 0 Å². The fourth-order valence-electron chi connectivity index (χ4n) is 3.80. The molecule has 3 N–H and O–H groups in total. The van der Waals surface area contributed by atoms with Gasteiger partial charge in [-0.3, -0.25) is 14.4 Å². The van der Waals surface area contributed by atoms with Gasteiger partial charge in [0.2, 0.25) is 11.8 Å². The third kappa shape index (κ3) is 8.15. The zero-order valence-corrected chi connectivity index (χ0v) is 19.4. The van der Waals surface area contributed by atoms with E-state index in [2.05, 4.69) is 15.6 Å². The summed E-state index contributed by atoms with van der Waals surface area (Å²) in [6, 6.07) is 11.4. The Kier molecular flexibility index (Phi) is 9.40. The number of ether oxygens (including phenoxy) is 1. The number of carbonyl (C=O) groups excluding carboxylic acids is 3. The van der Waals surface area contributed by atoms with Crippen molar-refractivity contribution in [3.8, 4) is 5.75 Å². The molecule has 34 heavy (non-hydrogen) atoms. The summed E-state index contributed by atoms with van der Waals surface area (Å²) in [5.74, 6) is 0.419. The number of carbonyl (C=O) groups is 3. The lowest BCUT2D eigenvalue weighted by molar-refractivity contribution is -0.139. The highest BCUT2D eigenvalue weighted by Gasteiger charge is 2.30. The minimum absolute atomic E-state index is 0.0206. The lowest BCUT2D eigenvalue weighted by Crippen LogP contribution is -2.52. The Bertz CT molecular complexity index is 944. The molecule has 1 aliphatic heterocycles. The topological polar surface area (TPSA) is 121 Å². The number of amides is 2. The SMILES string of the molecule is CC(=O)COC1CCN(C(=O)C(Cc2ccc(O)cc2)NC(=O)CCNc2ccccn2)CC1. The summed E-state index contributed by atoms with van der Waals surface area (Å²) in [4.78, 5) is 43.0. The van der Waals surface area contributed by atoms with Crippen molar-refractivity contribution in [2.75, 3.05) is 31.6 Å². The van der Waals surface area contributed by atoms with Crippen LogP contribution in [0.15, 0.2) is 48.7 Å². The molecular formula is C25H32N4O5. The van der Waals surface area contributed by atoms with Crippen molar-refractivity contribution in [2.45, 2.75) is 44.8 Å². The van der Waals surface area contributed by atoms with Crippen molar-refractivity contribution < 1.29 is 24.2 Å². The van der Waals surface area contributed by atoms with Crippen LogP contribution in [0.5, 0.6) is 5.75 Å². The van der Waals surface area contributed by atoms with Crippen molar-refractivity contribution >= 4 is 23.4 Å². The minimum atomic E-state index is -0.721. The number of pyridine rings is 1. The zero-order chi connectivity index (χ0) is 24.3. The lowest BCUT2D eigenvalue weighted by atomic mass is 10.0. The number of hydrogen-bond acceptors (Lipinski definition) is 7. The van der Waals surface area contributed by atoms with E-state index in [1.165, 1.54) is 6.92 Å². The normalized spacial score (nSPS) is 14.9. The summed E-state index contributed by atoms with van der Waals surface area (Å²) in [5, 5.41) is 15.5. The Morgan fingerprint density at radius 1 is 1.15 bits per heavy atom. The van der Waals surface area contributed by atoms with Crippen molar-refractivity contribution in [3.63, 3.8) is 0 Å². The number of aromatic nitrogens is 1. The van der Waals surface area contributed by atoms with E-state index in [0.29, 0.717) is 44.7 Å². The number of phenolic OH excluding ortho intramolecular Hbond substituents is 1. The fraction of sp³-hybridized carbons (Fsp3) is 0.440. The Morgan fingerprint density at radius 3 is 2.53 bits per heavy atom. The molecule has 3 rings (SSSR count). The third-order valence-electron chi connectivity index (χ3n) is 5.61. The number of ketones is 1. The number of Topliss-reactive ketones (excluding diaryl/α,β-unsaturated/α-hetero) is 1. The average Bonchev–Trinajstić information content (AvgIpc) is 2.84. The molecule has 0 aliphatic carbocycles. The maximum atomic E-state index is 13.3. The predicted octanol–water partition coefficient (Wildman–Crippen LogP) is 1.91. The highest BCUT2D eigenvalue weighted by Crippen LogP contribution is 2.17. The number of aromatic hydroxyl groups is 1.